The molecule has 0 saturated carbocycles. The molecule has 0 bridgehead atoms. The summed E-state index contributed by atoms with van der Waals surface area (Å²) in [5.41, 5.74) is 3.76. The van der Waals surface area contributed by atoms with Crippen molar-refractivity contribution in [3.8, 4) is 28.4 Å². The van der Waals surface area contributed by atoms with Gasteiger partial charge in [-0.1, -0.05) is 0 Å². The number of ether oxygens (including phenoxy) is 4. The number of carbonyl (C=O) groups is 2. The second kappa shape index (κ2) is 8.49. The number of nitrogens with zero attached hydrogens (tertiary/aromatic N) is 1. The number of benzene rings is 1. The first-order valence-corrected chi connectivity index (χ1v) is 9.50. The lowest BCUT2D eigenvalue weighted by molar-refractivity contribution is 0.0525. The molecule has 0 aliphatic rings. The summed E-state index contributed by atoms with van der Waals surface area (Å²) >= 11 is 0. The van der Waals surface area contributed by atoms with E-state index in [1.54, 1.807) is 45.6 Å². The van der Waals surface area contributed by atoms with Crippen LogP contribution in [0, 0.1) is 6.92 Å². The van der Waals surface area contributed by atoms with Gasteiger partial charge in [-0.3, -0.25) is 4.79 Å². The summed E-state index contributed by atoms with van der Waals surface area (Å²) < 4.78 is 23.2. The first kappa shape index (κ1) is 21.2. The van der Waals surface area contributed by atoms with Crippen LogP contribution in [0.4, 0.5) is 0 Å². The second-order valence-electron chi connectivity index (χ2n) is 6.75. The summed E-state index contributed by atoms with van der Waals surface area (Å²) in [5.74, 6) is 0.957. The fourth-order valence-electron chi connectivity index (χ4n) is 3.61. The highest BCUT2D eigenvalue weighted by molar-refractivity contribution is 6.01. The van der Waals surface area contributed by atoms with E-state index in [1.807, 2.05) is 24.4 Å². The Kier molecular flexibility index (Phi) is 6.01. The summed E-state index contributed by atoms with van der Waals surface area (Å²) in [6.45, 7) is 5.24. The van der Waals surface area contributed by atoms with Gasteiger partial charge in [-0.25, -0.2) is 4.79 Å². The number of aromatic nitrogens is 1. The molecule has 2 heterocycles. The van der Waals surface area contributed by atoms with E-state index in [1.165, 1.54) is 6.92 Å². The van der Waals surface area contributed by atoms with Gasteiger partial charge in [-0.05, 0) is 49.2 Å². The van der Waals surface area contributed by atoms with Gasteiger partial charge < -0.3 is 23.3 Å². The van der Waals surface area contributed by atoms with Crippen LogP contribution < -0.4 is 14.2 Å². The van der Waals surface area contributed by atoms with E-state index in [0.717, 1.165) is 11.1 Å². The van der Waals surface area contributed by atoms with Crippen molar-refractivity contribution in [2.24, 2.45) is 0 Å². The normalized spacial score (nSPS) is 10.7. The van der Waals surface area contributed by atoms with Crippen LogP contribution in [0.25, 0.3) is 16.6 Å². The zero-order valence-corrected chi connectivity index (χ0v) is 18.0. The van der Waals surface area contributed by atoms with E-state index in [9.17, 15) is 9.59 Å². The van der Waals surface area contributed by atoms with Gasteiger partial charge in [0.25, 0.3) is 0 Å². The predicted molar refractivity (Wildman–Crippen MR) is 113 cm³/mol. The summed E-state index contributed by atoms with van der Waals surface area (Å²) in [7, 11) is 4.66. The Morgan fingerprint density at radius 3 is 2.07 bits per heavy atom. The van der Waals surface area contributed by atoms with Gasteiger partial charge in [0.15, 0.2) is 17.3 Å². The van der Waals surface area contributed by atoms with Crippen molar-refractivity contribution >= 4 is 17.3 Å². The number of hydrogen-bond acceptors (Lipinski definition) is 6. The number of rotatable bonds is 7. The summed E-state index contributed by atoms with van der Waals surface area (Å²) in [5, 5.41) is 0. The third kappa shape index (κ3) is 3.58. The van der Waals surface area contributed by atoms with Crippen LogP contribution in [0.15, 0.2) is 30.5 Å². The Labute approximate surface area is 175 Å². The monoisotopic (exact) mass is 411 g/mol. The molecule has 3 aromatic rings. The number of fused-ring (bicyclic) bond motifs is 1. The molecule has 0 aliphatic carbocycles. The predicted octanol–water partition coefficient (Wildman–Crippen LogP) is 4.32. The largest absolute Gasteiger partial charge is 0.493 e. The summed E-state index contributed by atoms with van der Waals surface area (Å²) in [6, 6.07) is 7.31. The second-order valence-corrected chi connectivity index (χ2v) is 6.75. The number of carbonyl (C=O) groups excluding carboxylic acids is 2. The molecule has 0 amide bonds. The van der Waals surface area contributed by atoms with Gasteiger partial charge in [-0.2, -0.15) is 0 Å². The third-order valence-electron chi connectivity index (χ3n) is 4.97. The number of pyridine rings is 1. The first-order valence-electron chi connectivity index (χ1n) is 9.50. The van der Waals surface area contributed by atoms with E-state index in [2.05, 4.69) is 0 Å². The average molecular weight is 411 g/mol. The SMILES string of the molecule is CCOC(=O)c1cc2cc(-c3cc(OC)c(OC)c(OC)c3)cn2c(C(C)=O)c1C. The van der Waals surface area contributed by atoms with Crippen molar-refractivity contribution < 1.29 is 28.5 Å². The minimum Gasteiger partial charge on any atom is -0.493 e. The summed E-state index contributed by atoms with van der Waals surface area (Å²) in [6.07, 6.45) is 1.86. The quantitative estimate of drug-likeness (QED) is 0.426. The van der Waals surface area contributed by atoms with Crippen molar-refractivity contribution in [3.63, 3.8) is 0 Å². The van der Waals surface area contributed by atoms with Gasteiger partial charge in [0.1, 0.15) is 0 Å². The maximum atomic E-state index is 12.4. The molecule has 30 heavy (non-hydrogen) atoms. The molecule has 1 aromatic carbocycles. The van der Waals surface area contributed by atoms with Gasteiger partial charge >= 0.3 is 5.97 Å². The molecule has 0 spiro atoms. The maximum absolute atomic E-state index is 12.4. The molecule has 3 rings (SSSR count). The van der Waals surface area contributed by atoms with Crippen LogP contribution in [0.3, 0.4) is 0 Å². The van der Waals surface area contributed by atoms with Gasteiger partial charge in [0, 0.05) is 24.2 Å². The molecule has 0 saturated heterocycles. The Hall–Kier alpha value is -3.48. The highest BCUT2D eigenvalue weighted by Crippen LogP contribution is 2.41. The fraction of sp³-hybridized carbons (Fsp3) is 0.304. The molecule has 7 nitrogen and oxygen atoms in total. The maximum Gasteiger partial charge on any atom is 0.338 e. The topological polar surface area (TPSA) is 75.5 Å². The number of hydrogen-bond donors (Lipinski definition) is 0. The molecule has 0 aliphatic heterocycles. The number of methoxy groups -OCH3 is 3. The van der Waals surface area contributed by atoms with Crippen molar-refractivity contribution in [2.75, 3.05) is 27.9 Å². The van der Waals surface area contributed by atoms with Crippen LogP contribution >= 0.6 is 0 Å². The standard InChI is InChI=1S/C23H25NO6/c1-7-30-23(26)18-11-17-8-16(12-24(17)21(13(18)2)14(3)25)15-9-19(27-4)22(29-6)20(10-15)28-5/h8-12H,7H2,1-6H3. The number of Topliss-reactive ketones (excluding diaryl/α,β-unsaturated/α-hetero) is 1. The van der Waals surface area contributed by atoms with Crippen LogP contribution in [-0.4, -0.2) is 44.1 Å². The highest BCUT2D eigenvalue weighted by atomic mass is 16.5. The van der Waals surface area contributed by atoms with Crippen molar-refractivity contribution in [1.82, 2.24) is 4.40 Å². The van der Waals surface area contributed by atoms with Crippen LogP contribution in [0.5, 0.6) is 17.2 Å². The highest BCUT2D eigenvalue weighted by Gasteiger charge is 2.21. The minimum atomic E-state index is -0.449. The number of esters is 1. The molecule has 0 unspecified atom stereocenters. The van der Waals surface area contributed by atoms with E-state index in [4.69, 9.17) is 18.9 Å². The zero-order chi connectivity index (χ0) is 22.0. The number of ketones is 1. The van der Waals surface area contributed by atoms with E-state index >= 15 is 0 Å². The fourth-order valence-corrected chi connectivity index (χ4v) is 3.61. The Balaban J connectivity index is 2.26. The van der Waals surface area contributed by atoms with E-state index in [-0.39, 0.29) is 12.4 Å². The molecule has 158 valence electrons. The lowest BCUT2D eigenvalue weighted by Gasteiger charge is -2.13. The van der Waals surface area contributed by atoms with Crippen molar-refractivity contribution in [1.29, 1.82) is 0 Å². The minimum absolute atomic E-state index is 0.143. The molecule has 7 heteroatoms. The van der Waals surface area contributed by atoms with E-state index in [0.29, 0.717) is 39.6 Å². The lowest BCUT2D eigenvalue weighted by Crippen LogP contribution is -2.13. The molecular formula is C23H25NO6. The van der Waals surface area contributed by atoms with Gasteiger partial charge in [0.2, 0.25) is 5.75 Å². The molecular weight excluding hydrogens is 386 g/mol. The molecule has 2 aromatic heterocycles. The smallest absolute Gasteiger partial charge is 0.338 e. The van der Waals surface area contributed by atoms with Crippen molar-refractivity contribution in [3.05, 3.63) is 47.3 Å². The van der Waals surface area contributed by atoms with Crippen LogP contribution in [0.1, 0.15) is 40.3 Å². The van der Waals surface area contributed by atoms with Gasteiger partial charge in [-0.15, -0.1) is 0 Å². The molecule has 0 fully saturated rings. The Bertz CT molecular complexity index is 1100. The zero-order valence-electron chi connectivity index (χ0n) is 18.0. The average Bonchev–Trinajstić information content (AvgIpc) is 3.15. The third-order valence-corrected chi connectivity index (χ3v) is 4.97. The van der Waals surface area contributed by atoms with Crippen LogP contribution in [0.2, 0.25) is 0 Å². The first-order chi connectivity index (χ1) is 14.4. The van der Waals surface area contributed by atoms with Crippen LogP contribution in [-0.2, 0) is 4.74 Å². The van der Waals surface area contributed by atoms with Gasteiger partial charge in [0.05, 0.1) is 39.2 Å². The Morgan fingerprint density at radius 1 is 0.933 bits per heavy atom. The molecule has 0 atom stereocenters. The summed E-state index contributed by atoms with van der Waals surface area (Å²) in [4.78, 5) is 24.8. The van der Waals surface area contributed by atoms with Crippen molar-refractivity contribution in [2.45, 2.75) is 20.8 Å². The molecule has 0 N–H and O–H groups in total. The lowest BCUT2D eigenvalue weighted by atomic mass is 10.0. The van der Waals surface area contributed by atoms with E-state index < -0.39 is 5.97 Å². The molecule has 0 radical (unpaired) electrons. The Morgan fingerprint density at radius 2 is 1.57 bits per heavy atom.